The van der Waals surface area contributed by atoms with Crippen LogP contribution >= 0.6 is 11.3 Å². The number of carbonyl (C=O) groups is 1. The topological polar surface area (TPSA) is 91.8 Å². The van der Waals surface area contributed by atoms with E-state index in [1.54, 1.807) is 12.1 Å². The fraction of sp³-hybridized carbons (Fsp3) is 0.474. The second kappa shape index (κ2) is 8.02. The third kappa shape index (κ3) is 4.30. The minimum absolute atomic E-state index is 0.0856. The Morgan fingerprint density at radius 3 is 2.66 bits per heavy atom. The summed E-state index contributed by atoms with van der Waals surface area (Å²) < 4.78 is 31.7. The molecule has 0 spiro atoms. The normalized spacial score (nSPS) is 17.6. The van der Waals surface area contributed by atoms with Gasteiger partial charge in [-0.1, -0.05) is 0 Å². The van der Waals surface area contributed by atoms with E-state index < -0.39 is 10.0 Å². The van der Waals surface area contributed by atoms with Gasteiger partial charge in [0.25, 0.3) is 5.91 Å². The molecule has 4 rings (SSSR count). The van der Waals surface area contributed by atoms with Crippen molar-refractivity contribution in [2.24, 2.45) is 0 Å². The summed E-state index contributed by atoms with van der Waals surface area (Å²) in [7, 11) is -0.711. The SMILES string of the molecule is CN(C)S(=O)(=O)c1ccc(N2CCOCC2)c(C(=O)Nc2nc(C3CC3)cs2)c1. The average Bonchev–Trinajstić information content (AvgIpc) is 3.47. The third-order valence-electron chi connectivity index (χ3n) is 5.08. The van der Waals surface area contributed by atoms with Gasteiger partial charge in [-0.05, 0) is 31.0 Å². The molecule has 2 fully saturated rings. The van der Waals surface area contributed by atoms with Crippen molar-refractivity contribution in [2.45, 2.75) is 23.7 Å². The maximum absolute atomic E-state index is 13.1. The molecule has 2 aliphatic rings. The van der Waals surface area contributed by atoms with Gasteiger partial charge in [-0.3, -0.25) is 10.1 Å². The first kappa shape index (κ1) is 20.3. The molecule has 1 aliphatic heterocycles. The monoisotopic (exact) mass is 436 g/mol. The summed E-state index contributed by atoms with van der Waals surface area (Å²) >= 11 is 1.39. The number of benzene rings is 1. The second-order valence-corrected chi connectivity index (χ2v) is 10.4. The van der Waals surface area contributed by atoms with Crippen molar-refractivity contribution in [1.82, 2.24) is 9.29 Å². The summed E-state index contributed by atoms with van der Waals surface area (Å²) in [4.78, 5) is 19.7. The van der Waals surface area contributed by atoms with E-state index in [1.165, 1.54) is 31.5 Å². The molecule has 0 radical (unpaired) electrons. The van der Waals surface area contributed by atoms with Crippen LogP contribution in [0, 0.1) is 0 Å². The smallest absolute Gasteiger partial charge is 0.259 e. The number of morpholine rings is 1. The molecule has 29 heavy (non-hydrogen) atoms. The maximum Gasteiger partial charge on any atom is 0.259 e. The highest BCUT2D eigenvalue weighted by atomic mass is 32.2. The van der Waals surface area contributed by atoms with Crippen molar-refractivity contribution < 1.29 is 17.9 Å². The number of nitrogens with one attached hydrogen (secondary N) is 1. The molecule has 2 heterocycles. The number of aromatic nitrogens is 1. The van der Waals surface area contributed by atoms with Gasteiger partial charge >= 0.3 is 0 Å². The van der Waals surface area contributed by atoms with Gasteiger partial charge in [-0.2, -0.15) is 0 Å². The maximum atomic E-state index is 13.1. The van der Waals surface area contributed by atoms with Crippen LogP contribution in [0.2, 0.25) is 0 Å². The van der Waals surface area contributed by atoms with Crippen molar-refractivity contribution in [3.05, 3.63) is 34.8 Å². The molecule has 1 aliphatic carbocycles. The third-order valence-corrected chi connectivity index (χ3v) is 7.67. The molecule has 2 aromatic rings. The van der Waals surface area contributed by atoms with Crippen LogP contribution in [-0.4, -0.2) is 64.0 Å². The number of rotatable bonds is 6. The van der Waals surface area contributed by atoms with Crippen LogP contribution in [0.25, 0.3) is 0 Å². The Kier molecular flexibility index (Phi) is 5.60. The predicted molar refractivity (Wildman–Crippen MR) is 112 cm³/mol. The van der Waals surface area contributed by atoms with Gasteiger partial charge in [0, 0.05) is 44.2 Å². The Morgan fingerprint density at radius 1 is 1.28 bits per heavy atom. The van der Waals surface area contributed by atoms with E-state index in [1.807, 2.05) is 10.3 Å². The van der Waals surface area contributed by atoms with Crippen molar-refractivity contribution in [2.75, 3.05) is 50.6 Å². The number of hydrogen-bond acceptors (Lipinski definition) is 7. The van der Waals surface area contributed by atoms with Crippen LogP contribution in [0.5, 0.6) is 0 Å². The number of thiazole rings is 1. The molecule has 1 N–H and O–H groups in total. The summed E-state index contributed by atoms with van der Waals surface area (Å²) in [6.07, 6.45) is 2.28. The van der Waals surface area contributed by atoms with Gasteiger partial charge in [-0.25, -0.2) is 17.7 Å². The zero-order valence-corrected chi connectivity index (χ0v) is 18.1. The van der Waals surface area contributed by atoms with Crippen LogP contribution < -0.4 is 10.2 Å². The second-order valence-electron chi connectivity index (χ2n) is 7.37. The molecule has 1 aromatic heterocycles. The van der Waals surface area contributed by atoms with E-state index in [4.69, 9.17) is 4.74 Å². The Hall–Kier alpha value is -2.01. The van der Waals surface area contributed by atoms with Crippen LogP contribution in [0.3, 0.4) is 0 Å². The van der Waals surface area contributed by atoms with Crippen molar-refractivity contribution in [3.63, 3.8) is 0 Å². The molecule has 1 saturated carbocycles. The lowest BCUT2D eigenvalue weighted by atomic mass is 10.1. The van der Waals surface area contributed by atoms with Gasteiger partial charge in [0.2, 0.25) is 10.0 Å². The van der Waals surface area contributed by atoms with Gasteiger partial charge in [0.1, 0.15) is 0 Å². The van der Waals surface area contributed by atoms with E-state index in [-0.39, 0.29) is 10.8 Å². The zero-order chi connectivity index (χ0) is 20.6. The highest BCUT2D eigenvalue weighted by Crippen LogP contribution is 2.41. The molecular weight excluding hydrogens is 412 g/mol. The Bertz CT molecular complexity index is 1010. The first-order valence-electron chi connectivity index (χ1n) is 9.52. The molecule has 0 unspecified atom stereocenters. The molecule has 1 aromatic carbocycles. The summed E-state index contributed by atoms with van der Waals surface area (Å²) in [5, 5.41) is 5.36. The number of nitrogens with zero attached hydrogens (tertiary/aromatic N) is 3. The molecule has 156 valence electrons. The number of ether oxygens (including phenoxy) is 1. The minimum atomic E-state index is -3.66. The summed E-state index contributed by atoms with van der Waals surface area (Å²) in [5.41, 5.74) is 2.03. The lowest BCUT2D eigenvalue weighted by Crippen LogP contribution is -2.37. The molecule has 1 saturated heterocycles. The van der Waals surface area contributed by atoms with Gasteiger partial charge in [0.15, 0.2) is 5.13 Å². The average molecular weight is 437 g/mol. The molecule has 8 nitrogen and oxygen atoms in total. The lowest BCUT2D eigenvalue weighted by molar-refractivity contribution is 0.102. The molecule has 0 bridgehead atoms. The number of anilines is 2. The standard InChI is InChI=1S/C19H24N4O4S2/c1-22(2)29(25,26)14-5-6-17(23-7-9-27-10-8-23)15(11-14)18(24)21-19-20-16(12-28-19)13-3-4-13/h5-6,11-13H,3-4,7-10H2,1-2H3,(H,20,21,24). The van der Waals surface area contributed by atoms with Crippen LogP contribution in [0.15, 0.2) is 28.5 Å². The van der Waals surface area contributed by atoms with Crippen molar-refractivity contribution in [1.29, 1.82) is 0 Å². The quantitative estimate of drug-likeness (QED) is 0.747. The number of sulfonamides is 1. The molecule has 1 amide bonds. The fourth-order valence-corrected chi connectivity index (χ4v) is 4.94. The molecule has 0 atom stereocenters. The zero-order valence-electron chi connectivity index (χ0n) is 16.4. The van der Waals surface area contributed by atoms with Crippen LogP contribution in [0.1, 0.15) is 34.8 Å². The van der Waals surface area contributed by atoms with Gasteiger partial charge in [0.05, 0.1) is 29.4 Å². The number of amides is 1. The summed E-state index contributed by atoms with van der Waals surface area (Å²) in [5.74, 6) is 0.147. The van der Waals surface area contributed by atoms with E-state index in [9.17, 15) is 13.2 Å². The van der Waals surface area contributed by atoms with E-state index in [2.05, 4.69) is 10.3 Å². The summed E-state index contributed by atoms with van der Waals surface area (Å²) in [6.45, 7) is 2.42. The Morgan fingerprint density at radius 2 is 2.00 bits per heavy atom. The molecule has 10 heteroatoms. The first-order valence-corrected chi connectivity index (χ1v) is 11.8. The number of carbonyl (C=O) groups excluding carboxylic acids is 1. The van der Waals surface area contributed by atoms with Crippen LogP contribution in [-0.2, 0) is 14.8 Å². The largest absolute Gasteiger partial charge is 0.378 e. The van der Waals surface area contributed by atoms with E-state index >= 15 is 0 Å². The Labute approximate surface area is 174 Å². The van der Waals surface area contributed by atoms with Crippen LogP contribution in [0.4, 0.5) is 10.8 Å². The summed E-state index contributed by atoms with van der Waals surface area (Å²) in [6, 6.07) is 4.70. The van der Waals surface area contributed by atoms with E-state index in [0.717, 1.165) is 22.8 Å². The van der Waals surface area contributed by atoms with Crippen molar-refractivity contribution >= 4 is 38.1 Å². The number of hydrogen-bond donors (Lipinski definition) is 1. The molecular formula is C19H24N4O4S2. The van der Waals surface area contributed by atoms with Crippen molar-refractivity contribution in [3.8, 4) is 0 Å². The highest BCUT2D eigenvalue weighted by molar-refractivity contribution is 7.89. The lowest BCUT2D eigenvalue weighted by Gasteiger charge is -2.30. The Balaban J connectivity index is 1.67. The first-order chi connectivity index (χ1) is 13.9. The highest BCUT2D eigenvalue weighted by Gasteiger charge is 2.27. The minimum Gasteiger partial charge on any atom is -0.378 e. The van der Waals surface area contributed by atoms with Gasteiger partial charge < -0.3 is 9.64 Å². The fourth-order valence-electron chi connectivity index (χ4n) is 3.22. The van der Waals surface area contributed by atoms with E-state index in [0.29, 0.717) is 48.6 Å². The predicted octanol–water partition coefficient (Wildman–Crippen LogP) is 2.36. The van der Waals surface area contributed by atoms with Gasteiger partial charge in [-0.15, -0.1) is 11.3 Å².